The van der Waals surface area contributed by atoms with Crippen molar-refractivity contribution in [3.8, 4) is 17.2 Å². The molecule has 0 saturated heterocycles. The van der Waals surface area contributed by atoms with E-state index in [1.54, 1.807) is 25.5 Å². The zero-order chi connectivity index (χ0) is 19.7. The summed E-state index contributed by atoms with van der Waals surface area (Å²) in [6, 6.07) is 11.5. The Morgan fingerprint density at radius 1 is 1.21 bits per heavy atom. The standard InChI is InChI=1S/C20H15ClN6O/c1-23-15-11-27(12-6-4-3-5-7-12)20-14(15)8-13(9-26-20)28-16-10-25-19(22)18(24-2)17(16)21/h3-11,24H,2H3,(H2,22,25). The van der Waals surface area contributed by atoms with Crippen molar-refractivity contribution < 1.29 is 4.74 Å². The van der Waals surface area contributed by atoms with E-state index >= 15 is 0 Å². The van der Waals surface area contributed by atoms with Crippen molar-refractivity contribution in [1.29, 1.82) is 0 Å². The molecular weight excluding hydrogens is 376 g/mol. The predicted molar refractivity (Wildman–Crippen MR) is 111 cm³/mol. The molecule has 0 radical (unpaired) electrons. The molecule has 3 heterocycles. The number of hydrogen-bond donors (Lipinski definition) is 2. The molecule has 0 aliphatic rings. The molecule has 0 aliphatic carbocycles. The van der Waals surface area contributed by atoms with Gasteiger partial charge < -0.3 is 20.4 Å². The molecule has 0 amide bonds. The van der Waals surface area contributed by atoms with Crippen LogP contribution in [0.2, 0.25) is 5.02 Å². The summed E-state index contributed by atoms with van der Waals surface area (Å²) in [6.07, 6.45) is 4.80. The molecule has 8 heteroatoms. The normalized spacial score (nSPS) is 10.6. The van der Waals surface area contributed by atoms with E-state index in [1.165, 1.54) is 6.20 Å². The van der Waals surface area contributed by atoms with Crippen LogP contribution < -0.4 is 15.8 Å². The Morgan fingerprint density at radius 3 is 2.71 bits per heavy atom. The summed E-state index contributed by atoms with van der Waals surface area (Å²) in [5.41, 5.74) is 8.37. The summed E-state index contributed by atoms with van der Waals surface area (Å²) < 4.78 is 7.74. The number of nitrogens with zero attached hydrogens (tertiary/aromatic N) is 4. The van der Waals surface area contributed by atoms with Crippen LogP contribution in [0.15, 0.2) is 55.0 Å². The van der Waals surface area contributed by atoms with Crippen molar-refractivity contribution in [2.75, 3.05) is 18.1 Å². The van der Waals surface area contributed by atoms with Gasteiger partial charge in [0.25, 0.3) is 0 Å². The summed E-state index contributed by atoms with van der Waals surface area (Å²) in [6.45, 7) is 7.49. The Kier molecular flexibility index (Phi) is 4.47. The molecule has 0 bridgehead atoms. The van der Waals surface area contributed by atoms with Crippen molar-refractivity contribution >= 4 is 39.8 Å². The molecule has 3 N–H and O–H groups in total. The van der Waals surface area contributed by atoms with Crippen LogP contribution in [-0.2, 0) is 0 Å². The van der Waals surface area contributed by atoms with E-state index in [0.29, 0.717) is 38.9 Å². The number of nitrogens with two attached hydrogens (primary N) is 1. The minimum Gasteiger partial charge on any atom is -0.452 e. The fraction of sp³-hybridized carbons (Fsp3) is 0.0500. The quantitative estimate of drug-likeness (QED) is 0.477. The molecular formula is C20H15ClN6O. The van der Waals surface area contributed by atoms with Gasteiger partial charge >= 0.3 is 0 Å². The van der Waals surface area contributed by atoms with Gasteiger partial charge in [0.15, 0.2) is 5.75 Å². The van der Waals surface area contributed by atoms with Gasteiger partial charge in [-0.25, -0.2) is 14.8 Å². The van der Waals surface area contributed by atoms with Crippen molar-refractivity contribution in [3.63, 3.8) is 0 Å². The van der Waals surface area contributed by atoms with Gasteiger partial charge in [-0.05, 0) is 18.2 Å². The predicted octanol–water partition coefficient (Wildman–Crippen LogP) is 5.04. The maximum Gasteiger partial charge on any atom is 0.214 e. The van der Waals surface area contributed by atoms with Crippen molar-refractivity contribution in [3.05, 3.63) is 71.4 Å². The number of fused-ring (bicyclic) bond motifs is 1. The number of nitrogens with one attached hydrogen (secondary N) is 1. The van der Waals surface area contributed by atoms with Crippen LogP contribution in [0.4, 0.5) is 17.2 Å². The summed E-state index contributed by atoms with van der Waals surface area (Å²) in [5.74, 6) is 1.07. The molecule has 0 atom stereocenters. The third kappa shape index (κ3) is 2.96. The van der Waals surface area contributed by atoms with Gasteiger partial charge in [0, 0.05) is 24.3 Å². The zero-order valence-electron chi connectivity index (χ0n) is 14.8. The summed E-state index contributed by atoms with van der Waals surface area (Å²) >= 11 is 6.34. The Balaban J connectivity index is 1.78. The molecule has 0 fully saturated rings. The lowest BCUT2D eigenvalue weighted by Crippen LogP contribution is -2.00. The fourth-order valence-electron chi connectivity index (χ4n) is 2.92. The monoisotopic (exact) mass is 390 g/mol. The molecule has 3 aromatic heterocycles. The van der Waals surface area contributed by atoms with Crippen LogP contribution in [-0.4, -0.2) is 21.6 Å². The highest BCUT2D eigenvalue weighted by Crippen LogP contribution is 2.38. The number of para-hydroxylation sites is 1. The van der Waals surface area contributed by atoms with E-state index in [-0.39, 0.29) is 5.82 Å². The number of pyridine rings is 2. The number of rotatable bonds is 4. The SMILES string of the molecule is [C-]#[N+]c1cn(-c2ccccc2)c2ncc(Oc3cnc(N)c(NC)c3Cl)cc12. The largest absolute Gasteiger partial charge is 0.452 e. The topological polar surface area (TPSA) is 82.3 Å². The van der Waals surface area contributed by atoms with E-state index < -0.39 is 0 Å². The van der Waals surface area contributed by atoms with Crippen LogP contribution in [0.25, 0.3) is 21.6 Å². The van der Waals surface area contributed by atoms with Gasteiger partial charge in [-0.15, -0.1) is 0 Å². The molecule has 7 nitrogen and oxygen atoms in total. The molecule has 1 aromatic carbocycles. The van der Waals surface area contributed by atoms with Crippen LogP contribution >= 0.6 is 11.6 Å². The molecule has 4 aromatic rings. The van der Waals surface area contributed by atoms with Crippen molar-refractivity contribution in [2.24, 2.45) is 0 Å². The minimum atomic E-state index is 0.281. The minimum absolute atomic E-state index is 0.281. The number of ether oxygens (including phenoxy) is 1. The van der Waals surface area contributed by atoms with E-state index in [1.807, 2.05) is 34.9 Å². The Hall–Kier alpha value is -3.76. The molecule has 0 unspecified atom stereocenters. The lowest BCUT2D eigenvalue weighted by atomic mass is 10.3. The van der Waals surface area contributed by atoms with Gasteiger partial charge in [-0.3, -0.25) is 0 Å². The van der Waals surface area contributed by atoms with Crippen molar-refractivity contribution in [1.82, 2.24) is 14.5 Å². The first-order valence-corrected chi connectivity index (χ1v) is 8.73. The van der Waals surface area contributed by atoms with Crippen LogP contribution in [0.3, 0.4) is 0 Å². The zero-order valence-corrected chi connectivity index (χ0v) is 15.6. The Labute approximate surface area is 166 Å². The number of aromatic nitrogens is 3. The molecule has 0 saturated carbocycles. The van der Waals surface area contributed by atoms with Gasteiger partial charge in [-0.1, -0.05) is 29.8 Å². The maximum absolute atomic E-state index is 7.49. The van der Waals surface area contributed by atoms with E-state index in [0.717, 1.165) is 5.69 Å². The highest BCUT2D eigenvalue weighted by Gasteiger charge is 2.15. The number of nitrogen functional groups attached to an aromatic ring is 1. The third-order valence-electron chi connectivity index (χ3n) is 4.24. The highest BCUT2D eigenvalue weighted by molar-refractivity contribution is 6.35. The van der Waals surface area contributed by atoms with Crippen molar-refractivity contribution in [2.45, 2.75) is 0 Å². The lowest BCUT2D eigenvalue weighted by Gasteiger charge is -2.12. The third-order valence-corrected chi connectivity index (χ3v) is 4.62. The van der Waals surface area contributed by atoms with Crippen LogP contribution in [0.1, 0.15) is 0 Å². The molecule has 0 spiro atoms. The number of hydrogen-bond acceptors (Lipinski definition) is 5. The molecule has 138 valence electrons. The van der Waals surface area contributed by atoms with E-state index in [2.05, 4.69) is 20.1 Å². The second-order valence-electron chi connectivity index (χ2n) is 5.92. The lowest BCUT2D eigenvalue weighted by molar-refractivity contribution is 0.479. The first kappa shape index (κ1) is 17.6. The number of anilines is 2. The van der Waals surface area contributed by atoms with Gasteiger partial charge in [0.1, 0.15) is 22.2 Å². The maximum atomic E-state index is 7.49. The van der Waals surface area contributed by atoms with Gasteiger partial charge in [0.05, 0.1) is 24.7 Å². The average molecular weight is 391 g/mol. The number of halogens is 1. The fourth-order valence-corrected chi connectivity index (χ4v) is 3.20. The second-order valence-corrected chi connectivity index (χ2v) is 6.30. The smallest absolute Gasteiger partial charge is 0.214 e. The Bertz CT molecular complexity index is 1210. The molecule has 0 aliphatic heterocycles. The van der Waals surface area contributed by atoms with Gasteiger partial charge in [-0.2, -0.15) is 0 Å². The number of benzene rings is 1. The summed E-state index contributed by atoms with van der Waals surface area (Å²) in [4.78, 5) is 12.2. The van der Waals surface area contributed by atoms with Gasteiger partial charge in [0.2, 0.25) is 5.69 Å². The molecule has 28 heavy (non-hydrogen) atoms. The highest BCUT2D eigenvalue weighted by atomic mass is 35.5. The van der Waals surface area contributed by atoms with Crippen LogP contribution in [0, 0.1) is 6.57 Å². The average Bonchev–Trinajstić information content (AvgIpc) is 3.09. The first-order chi connectivity index (χ1) is 13.6. The van der Waals surface area contributed by atoms with Crippen LogP contribution in [0.5, 0.6) is 11.5 Å². The summed E-state index contributed by atoms with van der Waals surface area (Å²) in [5, 5.41) is 3.91. The molecule has 4 rings (SSSR count). The first-order valence-electron chi connectivity index (χ1n) is 8.36. The van der Waals surface area contributed by atoms with E-state index in [9.17, 15) is 0 Å². The van der Waals surface area contributed by atoms with E-state index in [4.69, 9.17) is 28.6 Å². The second kappa shape index (κ2) is 7.10. The Morgan fingerprint density at radius 2 is 2.00 bits per heavy atom. The summed E-state index contributed by atoms with van der Waals surface area (Å²) in [7, 11) is 1.70.